The molecular weight excluding hydrogens is 275 g/mol. The number of hydrogen-bond donors (Lipinski definition) is 3. The maximum atomic E-state index is 11.9. The number of halogens is 4. The maximum absolute atomic E-state index is 11.9. The van der Waals surface area contributed by atoms with Crippen LogP contribution in [0.4, 0.5) is 18.9 Å². The molecule has 0 saturated heterocycles. The van der Waals surface area contributed by atoms with Crippen LogP contribution < -0.4 is 10.1 Å². The predicted octanol–water partition coefficient (Wildman–Crippen LogP) is 2.00. The van der Waals surface area contributed by atoms with Gasteiger partial charge in [-0.2, -0.15) is 0 Å². The summed E-state index contributed by atoms with van der Waals surface area (Å²) < 4.78 is 39.5. The van der Waals surface area contributed by atoms with Crippen molar-refractivity contribution in [3.05, 3.63) is 23.2 Å². The quantitative estimate of drug-likeness (QED) is 0.774. The van der Waals surface area contributed by atoms with Crippen molar-refractivity contribution in [3.63, 3.8) is 0 Å². The number of rotatable bonds is 5. The van der Waals surface area contributed by atoms with E-state index in [-0.39, 0.29) is 11.6 Å². The normalized spacial score (nSPS) is 13.2. The summed E-state index contributed by atoms with van der Waals surface area (Å²) in [6, 6.07) is 3.38. The zero-order valence-corrected chi connectivity index (χ0v) is 9.79. The first-order valence-corrected chi connectivity index (χ1v) is 5.27. The maximum Gasteiger partial charge on any atom is 0.573 e. The molecule has 3 N–H and O–H groups in total. The third-order valence-corrected chi connectivity index (χ3v) is 2.23. The monoisotopic (exact) mass is 285 g/mol. The van der Waals surface area contributed by atoms with Crippen molar-refractivity contribution in [2.45, 2.75) is 12.5 Å². The predicted molar refractivity (Wildman–Crippen MR) is 59.7 cm³/mol. The average molecular weight is 286 g/mol. The van der Waals surface area contributed by atoms with E-state index in [4.69, 9.17) is 21.8 Å². The molecule has 0 heterocycles. The molecule has 102 valence electrons. The molecular formula is C10H11ClF3NO3. The van der Waals surface area contributed by atoms with E-state index in [1.54, 1.807) is 0 Å². The lowest BCUT2D eigenvalue weighted by Crippen LogP contribution is -2.23. The van der Waals surface area contributed by atoms with Crippen LogP contribution >= 0.6 is 11.6 Å². The van der Waals surface area contributed by atoms with Gasteiger partial charge in [0.05, 0.1) is 23.4 Å². The smallest absolute Gasteiger partial charge is 0.406 e. The number of hydrogen-bond acceptors (Lipinski definition) is 4. The second-order valence-corrected chi connectivity index (χ2v) is 3.81. The average Bonchev–Trinajstić information content (AvgIpc) is 2.25. The van der Waals surface area contributed by atoms with E-state index in [0.717, 1.165) is 12.1 Å². The summed E-state index contributed by atoms with van der Waals surface area (Å²) >= 11 is 5.73. The first kappa shape index (κ1) is 14.9. The van der Waals surface area contributed by atoms with Gasteiger partial charge in [-0.05, 0) is 12.1 Å². The van der Waals surface area contributed by atoms with Gasteiger partial charge in [-0.1, -0.05) is 11.6 Å². The minimum Gasteiger partial charge on any atom is -0.406 e. The highest BCUT2D eigenvalue weighted by atomic mass is 35.5. The van der Waals surface area contributed by atoms with Crippen molar-refractivity contribution >= 4 is 17.3 Å². The van der Waals surface area contributed by atoms with Crippen LogP contribution in [-0.2, 0) is 0 Å². The molecule has 4 nitrogen and oxygen atoms in total. The zero-order chi connectivity index (χ0) is 13.8. The first-order valence-electron chi connectivity index (χ1n) is 4.90. The van der Waals surface area contributed by atoms with E-state index < -0.39 is 24.8 Å². The minimum atomic E-state index is -4.77. The van der Waals surface area contributed by atoms with Crippen LogP contribution in [0.25, 0.3) is 0 Å². The minimum absolute atomic E-state index is 0.0156. The number of aliphatic hydroxyl groups is 2. The molecule has 1 rings (SSSR count). The first-order chi connectivity index (χ1) is 8.31. The molecule has 1 aromatic carbocycles. The summed E-state index contributed by atoms with van der Waals surface area (Å²) in [4.78, 5) is 0. The number of aliphatic hydroxyl groups excluding tert-OH is 2. The Kier molecular flexibility index (Phi) is 5.06. The van der Waals surface area contributed by atoms with E-state index in [1.165, 1.54) is 6.07 Å². The second kappa shape index (κ2) is 6.12. The number of nitrogens with one attached hydrogen (secondary N) is 1. The van der Waals surface area contributed by atoms with E-state index in [0.29, 0.717) is 5.69 Å². The van der Waals surface area contributed by atoms with E-state index in [2.05, 4.69) is 10.1 Å². The Morgan fingerprint density at radius 3 is 2.56 bits per heavy atom. The highest BCUT2D eigenvalue weighted by Crippen LogP contribution is 2.30. The summed E-state index contributed by atoms with van der Waals surface area (Å²) in [6.45, 7) is -0.407. The topological polar surface area (TPSA) is 61.7 Å². The van der Waals surface area contributed by atoms with Gasteiger partial charge in [-0.15, -0.1) is 13.2 Å². The number of benzene rings is 1. The summed E-state index contributed by atoms with van der Waals surface area (Å²) in [6.07, 6.45) is -5.75. The van der Waals surface area contributed by atoms with Gasteiger partial charge in [0.15, 0.2) is 0 Å². The van der Waals surface area contributed by atoms with Crippen molar-refractivity contribution < 1.29 is 28.1 Å². The Hall–Kier alpha value is -1.18. The van der Waals surface area contributed by atoms with Crippen LogP contribution in [-0.4, -0.2) is 35.8 Å². The lowest BCUT2D eigenvalue weighted by molar-refractivity contribution is -0.274. The number of anilines is 1. The molecule has 0 aliphatic rings. The highest BCUT2D eigenvalue weighted by molar-refractivity contribution is 6.33. The van der Waals surface area contributed by atoms with Crippen LogP contribution in [0.5, 0.6) is 5.75 Å². The fourth-order valence-electron chi connectivity index (χ4n) is 1.13. The Bertz CT molecular complexity index is 400. The van der Waals surface area contributed by atoms with E-state index >= 15 is 0 Å². The molecule has 0 bridgehead atoms. The largest absolute Gasteiger partial charge is 0.573 e. The highest BCUT2D eigenvalue weighted by Gasteiger charge is 2.31. The van der Waals surface area contributed by atoms with E-state index in [9.17, 15) is 13.2 Å². The van der Waals surface area contributed by atoms with Gasteiger partial charge in [0.25, 0.3) is 0 Å². The van der Waals surface area contributed by atoms with Gasteiger partial charge in [0.1, 0.15) is 5.75 Å². The Balaban J connectivity index is 2.68. The fourth-order valence-corrected chi connectivity index (χ4v) is 1.37. The van der Waals surface area contributed by atoms with Crippen LogP contribution in [0.2, 0.25) is 5.02 Å². The van der Waals surface area contributed by atoms with Crippen LogP contribution in [0, 0.1) is 0 Å². The standard InChI is InChI=1S/C10H11ClF3NO3/c11-8-3-7(18-10(12,13)14)1-2-9(8)15-4-6(17)5-16/h1-3,6,15-17H,4-5H2. The van der Waals surface area contributed by atoms with Crippen LogP contribution in [0.15, 0.2) is 18.2 Å². The Morgan fingerprint density at radius 1 is 1.39 bits per heavy atom. The third-order valence-electron chi connectivity index (χ3n) is 1.91. The molecule has 0 amide bonds. The Morgan fingerprint density at radius 2 is 2.06 bits per heavy atom. The van der Waals surface area contributed by atoms with Crippen molar-refractivity contribution in [2.24, 2.45) is 0 Å². The molecule has 8 heteroatoms. The molecule has 1 unspecified atom stereocenters. The fraction of sp³-hybridized carbons (Fsp3) is 0.400. The third kappa shape index (κ3) is 4.99. The van der Waals surface area contributed by atoms with Crippen molar-refractivity contribution in [1.82, 2.24) is 0 Å². The molecule has 18 heavy (non-hydrogen) atoms. The molecule has 0 saturated carbocycles. The van der Waals surface area contributed by atoms with Gasteiger partial charge in [-0.3, -0.25) is 0 Å². The molecule has 0 spiro atoms. The lowest BCUT2D eigenvalue weighted by atomic mass is 10.3. The van der Waals surface area contributed by atoms with Gasteiger partial charge in [0, 0.05) is 12.6 Å². The Labute approximate surface area is 106 Å². The summed E-state index contributed by atoms with van der Waals surface area (Å²) in [5.74, 6) is -0.430. The molecule has 0 aliphatic heterocycles. The molecule has 0 aliphatic carbocycles. The molecule has 1 aromatic rings. The molecule has 1 atom stereocenters. The summed E-state index contributed by atoms with van der Waals surface area (Å²) in [5, 5.41) is 20.4. The number of alkyl halides is 3. The number of ether oxygens (including phenoxy) is 1. The summed E-state index contributed by atoms with van der Waals surface area (Å²) in [5.41, 5.74) is 0.332. The second-order valence-electron chi connectivity index (χ2n) is 3.41. The van der Waals surface area contributed by atoms with Gasteiger partial charge in [-0.25, -0.2) is 0 Å². The van der Waals surface area contributed by atoms with Gasteiger partial charge in [0.2, 0.25) is 0 Å². The molecule has 0 fully saturated rings. The van der Waals surface area contributed by atoms with Crippen LogP contribution in [0.1, 0.15) is 0 Å². The zero-order valence-electron chi connectivity index (χ0n) is 9.04. The van der Waals surface area contributed by atoms with E-state index in [1.807, 2.05) is 0 Å². The summed E-state index contributed by atoms with van der Waals surface area (Å²) in [7, 11) is 0. The SMILES string of the molecule is OCC(O)CNc1ccc(OC(F)(F)F)cc1Cl. The van der Waals surface area contributed by atoms with Crippen molar-refractivity contribution in [1.29, 1.82) is 0 Å². The lowest BCUT2D eigenvalue weighted by Gasteiger charge is -2.13. The van der Waals surface area contributed by atoms with Crippen molar-refractivity contribution in [2.75, 3.05) is 18.5 Å². The molecule has 0 aromatic heterocycles. The van der Waals surface area contributed by atoms with Gasteiger partial charge < -0.3 is 20.3 Å². The van der Waals surface area contributed by atoms with Crippen LogP contribution in [0.3, 0.4) is 0 Å². The van der Waals surface area contributed by atoms with Crippen molar-refractivity contribution in [3.8, 4) is 5.75 Å². The molecule has 0 radical (unpaired) electrons. The van der Waals surface area contributed by atoms with Gasteiger partial charge >= 0.3 is 6.36 Å².